The van der Waals surface area contributed by atoms with E-state index in [1.54, 1.807) is 0 Å². The van der Waals surface area contributed by atoms with Gasteiger partial charge in [0, 0.05) is 12.1 Å². The number of hydrogen-bond donors (Lipinski definition) is 2. The summed E-state index contributed by atoms with van der Waals surface area (Å²) in [5.74, 6) is 0.233. The van der Waals surface area contributed by atoms with E-state index in [0.29, 0.717) is 12.2 Å². The number of nitrogens with zero attached hydrogens (tertiary/aromatic N) is 2. The SMILES string of the molecule is NCc1nc(N)nc(-c2cccc3ccccc23)c1Br. The fourth-order valence-electron chi connectivity index (χ4n) is 2.26. The molecule has 0 bridgehead atoms. The van der Waals surface area contributed by atoms with Crippen LogP contribution in [0.4, 0.5) is 5.95 Å². The number of benzene rings is 2. The maximum atomic E-state index is 5.79. The average Bonchev–Trinajstić information content (AvgIpc) is 2.48. The van der Waals surface area contributed by atoms with Gasteiger partial charge in [-0.1, -0.05) is 42.5 Å². The summed E-state index contributed by atoms with van der Waals surface area (Å²) >= 11 is 3.54. The molecule has 0 aliphatic carbocycles. The number of halogens is 1. The zero-order chi connectivity index (χ0) is 14.1. The molecule has 0 radical (unpaired) electrons. The smallest absolute Gasteiger partial charge is 0.220 e. The summed E-state index contributed by atoms with van der Waals surface area (Å²) in [4.78, 5) is 8.52. The average molecular weight is 329 g/mol. The molecule has 3 rings (SSSR count). The zero-order valence-electron chi connectivity index (χ0n) is 10.7. The summed E-state index contributed by atoms with van der Waals surface area (Å²) in [6.07, 6.45) is 0. The van der Waals surface area contributed by atoms with Gasteiger partial charge in [-0.2, -0.15) is 0 Å². The molecule has 4 N–H and O–H groups in total. The van der Waals surface area contributed by atoms with E-state index in [9.17, 15) is 0 Å². The van der Waals surface area contributed by atoms with Gasteiger partial charge >= 0.3 is 0 Å². The third kappa shape index (κ3) is 2.15. The van der Waals surface area contributed by atoms with Crippen LogP contribution >= 0.6 is 15.9 Å². The van der Waals surface area contributed by atoms with Gasteiger partial charge in [-0.05, 0) is 26.7 Å². The van der Waals surface area contributed by atoms with Crippen molar-refractivity contribution < 1.29 is 0 Å². The second-order valence-corrected chi connectivity index (χ2v) is 5.21. The van der Waals surface area contributed by atoms with E-state index in [1.807, 2.05) is 24.3 Å². The first-order valence-electron chi connectivity index (χ1n) is 6.21. The Morgan fingerprint density at radius 3 is 2.55 bits per heavy atom. The van der Waals surface area contributed by atoms with E-state index in [0.717, 1.165) is 26.5 Å². The van der Waals surface area contributed by atoms with Gasteiger partial charge in [0.2, 0.25) is 5.95 Å². The molecule has 0 aliphatic rings. The van der Waals surface area contributed by atoms with E-state index in [2.05, 4.69) is 44.1 Å². The lowest BCUT2D eigenvalue weighted by atomic mass is 10.0. The topological polar surface area (TPSA) is 77.8 Å². The van der Waals surface area contributed by atoms with E-state index in [-0.39, 0.29) is 5.95 Å². The Kier molecular flexibility index (Phi) is 3.38. The first-order valence-corrected chi connectivity index (χ1v) is 7.00. The molecule has 0 fully saturated rings. The molecule has 4 nitrogen and oxygen atoms in total. The first-order chi connectivity index (χ1) is 9.70. The lowest BCUT2D eigenvalue weighted by Crippen LogP contribution is -2.07. The van der Waals surface area contributed by atoms with Crippen molar-refractivity contribution in [3.63, 3.8) is 0 Å². The zero-order valence-corrected chi connectivity index (χ0v) is 12.3. The Bertz CT molecular complexity index is 781. The summed E-state index contributed by atoms with van der Waals surface area (Å²) in [6, 6.07) is 14.3. The van der Waals surface area contributed by atoms with E-state index in [4.69, 9.17) is 11.5 Å². The van der Waals surface area contributed by atoms with Crippen LogP contribution in [0.1, 0.15) is 5.69 Å². The molecule has 2 aromatic carbocycles. The Morgan fingerprint density at radius 1 is 1.00 bits per heavy atom. The molecule has 5 heteroatoms. The minimum absolute atomic E-state index is 0.233. The maximum absolute atomic E-state index is 5.79. The van der Waals surface area contributed by atoms with Gasteiger partial charge in [-0.25, -0.2) is 9.97 Å². The second-order valence-electron chi connectivity index (χ2n) is 4.42. The molecule has 0 saturated carbocycles. The summed E-state index contributed by atoms with van der Waals surface area (Å²) < 4.78 is 0.797. The highest BCUT2D eigenvalue weighted by atomic mass is 79.9. The van der Waals surface area contributed by atoms with Gasteiger partial charge in [0.05, 0.1) is 15.9 Å². The Hall–Kier alpha value is -1.98. The van der Waals surface area contributed by atoms with E-state index in [1.165, 1.54) is 0 Å². The highest BCUT2D eigenvalue weighted by Gasteiger charge is 2.13. The third-order valence-corrected chi connectivity index (χ3v) is 4.01. The number of nitrogens with two attached hydrogens (primary N) is 2. The van der Waals surface area contributed by atoms with Crippen LogP contribution < -0.4 is 11.5 Å². The molecule has 0 unspecified atom stereocenters. The van der Waals surface area contributed by atoms with Crippen LogP contribution in [0.5, 0.6) is 0 Å². The highest BCUT2D eigenvalue weighted by molar-refractivity contribution is 9.10. The van der Waals surface area contributed by atoms with E-state index < -0.39 is 0 Å². The van der Waals surface area contributed by atoms with Crippen molar-refractivity contribution in [1.82, 2.24) is 9.97 Å². The molecule has 0 aliphatic heterocycles. The molecule has 100 valence electrons. The summed E-state index contributed by atoms with van der Waals surface area (Å²) in [5.41, 5.74) is 14.0. The molecule has 0 amide bonds. The number of aromatic nitrogens is 2. The number of nitrogen functional groups attached to an aromatic ring is 1. The molecule has 0 atom stereocenters. The van der Waals surface area contributed by atoms with Crippen molar-refractivity contribution in [2.75, 3.05) is 5.73 Å². The predicted molar refractivity (Wildman–Crippen MR) is 85.0 cm³/mol. The van der Waals surface area contributed by atoms with Gasteiger partial charge in [0.15, 0.2) is 0 Å². The van der Waals surface area contributed by atoms with Gasteiger partial charge < -0.3 is 11.5 Å². The quantitative estimate of drug-likeness (QED) is 0.757. The summed E-state index contributed by atoms with van der Waals surface area (Å²) in [7, 11) is 0. The van der Waals surface area contributed by atoms with Crippen molar-refractivity contribution in [3.05, 3.63) is 52.6 Å². The Labute approximate surface area is 125 Å². The largest absolute Gasteiger partial charge is 0.368 e. The van der Waals surface area contributed by atoms with Crippen molar-refractivity contribution in [1.29, 1.82) is 0 Å². The molecule has 0 saturated heterocycles. The molecule has 0 spiro atoms. The first kappa shape index (κ1) is 13.0. The molecule has 1 heterocycles. The van der Waals surface area contributed by atoms with Crippen molar-refractivity contribution in [2.45, 2.75) is 6.54 Å². The Balaban J connectivity index is 2.34. The number of fused-ring (bicyclic) bond motifs is 1. The fourth-order valence-corrected chi connectivity index (χ4v) is 2.81. The lowest BCUT2D eigenvalue weighted by Gasteiger charge is -2.11. The van der Waals surface area contributed by atoms with Crippen LogP contribution in [0.15, 0.2) is 46.9 Å². The number of hydrogen-bond acceptors (Lipinski definition) is 4. The molecular weight excluding hydrogens is 316 g/mol. The van der Waals surface area contributed by atoms with Gasteiger partial charge in [-0.3, -0.25) is 0 Å². The predicted octanol–water partition coefficient (Wildman–Crippen LogP) is 3.10. The summed E-state index contributed by atoms with van der Waals surface area (Å²) in [5, 5.41) is 2.28. The van der Waals surface area contributed by atoms with Gasteiger partial charge in [-0.15, -0.1) is 0 Å². The standard InChI is InChI=1S/C15H13BrN4/c16-13-12(8-17)19-15(18)20-14(13)11-7-3-5-9-4-1-2-6-10(9)11/h1-7H,8,17H2,(H2,18,19,20). The molecule has 1 aromatic heterocycles. The monoisotopic (exact) mass is 328 g/mol. The van der Waals surface area contributed by atoms with Gasteiger partial charge in [0.25, 0.3) is 0 Å². The molecule has 3 aromatic rings. The van der Waals surface area contributed by atoms with Crippen LogP contribution in [0.25, 0.3) is 22.0 Å². The molecule has 20 heavy (non-hydrogen) atoms. The van der Waals surface area contributed by atoms with E-state index >= 15 is 0 Å². The van der Waals surface area contributed by atoms with Crippen LogP contribution in [-0.2, 0) is 6.54 Å². The van der Waals surface area contributed by atoms with Crippen molar-refractivity contribution in [3.8, 4) is 11.3 Å². The van der Waals surface area contributed by atoms with Crippen molar-refractivity contribution in [2.24, 2.45) is 5.73 Å². The fraction of sp³-hybridized carbons (Fsp3) is 0.0667. The highest BCUT2D eigenvalue weighted by Crippen LogP contribution is 2.33. The van der Waals surface area contributed by atoms with Crippen LogP contribution in [0, 0.1) is 0 Å². The number of anilines is 1. The second kappa shape index (κ2) is 5.19. The number of rotatable bonds is 2. The lowest BCUT2D eigenvalue weighted by molar-refractivity contribution is 0.963. The third-order valence-electron chi connectivity index (χ3n) is 3.18. The van der Waals surface area contributed by atoms with Crippen molar-refractivity contribution >= 4 is 32.7 Å². The van der Waals surface area contributed by atoms with Gasteiger partial charge in [0.1, 0.15) is 0 Å². The summed E-state index contributed by atoms with van der Waals surface area (Å²) in [6.45, 7) is 0.311. The van der Waals surface area contributed by atoms with Crippen LogP contribution in [0.3, 0.4) is 0 Å². The van der Waals surface area contributed by atoms with Crippen LogP contribution in [-0.4, -0.2) is 9.97 Å². The maximum Gasteiger partial charge on any atom is 0.220 e. The minimum Gasteiger partial charge on any atom is -0.368 e. The molecular formula is C15H13BrN4. The normalized spacial score (nSPS) is 10.9. The minimum atomic E-state index is 0.233. The Morgan fingerprint density at radius 2 is 1.75 bits per heavy atom. The van der Waals surface area contributed by atoms with Crippen LogP contribution in [0.2, 0.25) is 0 Å².